The van der Waals surface area contributed by atoms with Crippen molar-refractivity contribution in [1.29, 1.82) is 0 Å². The topological polar surface area (TPSA) is 37.4 Å². The van der Waals surface area contributed by atoms with Gasteiger partial charge in [0.1, 0.15) is 0 Å². The van der Waals surface area contributed by atoms with Crippen LogP contribution in [0.25, 0.3) is 0 Å². The Bertz CT molecular complexity index is 497. The Morgan fingerprint density at radius 2 is 1.44 bits per heavy atom. The highest BCUT2D eigenvalue weighted by atomic mass is 16.2. The molecule has 0 radical (unpaired) electrons. The third kappa shape index (κ3) is 1.45. The van der Waals surface area contributed by atoms with Crippen LogP contribution in [0.2, 0.25) is 0 Å². The summed E-state index contributed by atoms with van der Waals surface area (Å²) in [5.41, 5.74) is 3.94. The summed E-state index contributed by atoms with van der Waals surface area (Å²) in [5, 5.41) is 0. The van der Waals surface area contributed by atoms with Crippen molar-refractivity contribution in [2.24, 2.45) is 0 Å². The van der Waals surface area contributed by atoms with Gasteiger partial charge < -0.3 is 0 Å². The first-order valence-corrected chi connectivity index (χ1v) is 5.15. The van der Waals surface area contributed by atoms with E-state index in [9.17, 15) is 9.59 Å². The zero-order valence-corrected chi connectivity index (χ0v) is 9.57. The Morgan fingerprint density at radius 1 is 0.875 bits per heavy atom. The van der Waals surface area contributed by atoms with Crippen molar-refractivity contribution in [3.8, 4) is 0 Å². The lowest BCUT2D eigenvalue weighted by atomic mass is 10.0. The first-order chi connectivity index (χ1) is 7.52. The van der Waals surface area contributed by atoms with Crippen molar-refractivity contribution >= 4 is 17.5 Å². The molecule has 0 saturated carbocycles. The molecule has 1 heterocycles. The normalized spacial score (nSPS) is 15.1. The average Bonchev–Trinajstić information content (AvgIpc) is 2.57. The van der Waals surface area contributed by atoms with E-state index in [-0.39, 0.29) is 11.8 Å². The maximum atomic E-state index is 11.6. The molecule has 2 amide bonds. The van der Waals surface area contributed by atoms with Crippen LogP contribution < -0.4 is 4.90 Å². The van der Waals surface area contributed by atoms with Crippen molar-refractivity contribution in [3.05, 3.63) is 41.0 Å². The van der Waals surface area contributed by atoms with Gasteiger partial charge in [-0.2, -0.15) is 0 Å². The summed E-state index contributed by atoms with van der Waals surface area (Å²) >= 11 is 0. The highest BCUT2D eigenvalue weighted by Gasteiger charge is 2.26. The Hall–Kier alpha value is -1.90. The molecule has 1 aromatic carbocycles. The van der Waals surface area contributed by atoms with Gasteiger partial charge in [0.25, 0.3) is 11.8 Å². The van der Waals surface area contributed by atoms with Gasteiger partial charge in [-0.15, -0.1) is 0 Å². The Kier molecular flexibility index (Phi) is 2.38. The predicted octanol–water partition coefficient (Wildman–Crippen LogP) is 2.04. The van der Waals surface area contributed by atoms with E-state index in [1.807, 2.05) is 32.9 Å². The van der Waals surface area contributed by atoms with Crippen LogP contribution in [0.5, 0.6) is 0 Å². The van der Waals surface area contributed by atoms with E-state index in [2.05, 4.69) is 0 Å². The summed E-state index contributed by atoms with van der Waals surface area (Å²) in [4.78, 5) is 24.3. The summed E-state index contributed by atoms with van der Waals surface area (Å²) in [6.45, 7) is 5.93. The van der Waals surface area contributed by atoms with Crippen LogP contribution in [0.4, 0.5) is 5.69 Å². The number of nitrogens with zero attached hydrogens (tertiary/aromatic N) is 1. The summed E-state index contributed by atoms with van der Waals surface area (Å²) in [5.74, 6) is -0.535. The molecule has 0 spiro atoms. The summed E-state index contributed by atoms with van der Waals surface area (Å²) in [6, 6.07) is 3.75. The zero-order chi connectivity index (χ0) is 11.9. The maximum absolute atomic E-state index is 11.6. The second-order valence-corrected chi connectivity index (χ2v) is 4.00. The molecule has 0 aromatic heterocycles. The molecule has 0 atom stereocenters. The van der Waals surface area contributed by atoms with Gasteiger partial charge in [-0.25, -0.2) is 4.90 Å². The largest absolute Gasteiger partial charge is 0.269 e. The van der Waals surface area contributed by atoms with Crippen LogP contribution in [-0.4, -0.2) is 11.8 Å². The number of hydrogen-bond donors (Lipinski definition) is 0. The predicted molar refractivity (Wildman–Crippen MR) is 62.3 cm³/mol. The third-order valence-electron chi connectivity index (χ3n) is 3.08. The number of aryl methyl sites for hydroxylation is 1. The second kappa shape index (κ2) is 3.59. The molecule has 3 nitrogen and oxygen atoms in total. The monoisotopic (exact) mass is 215 g/mol. The fourth-order valence-corrected chi connectivity index (χ4v) is 1.82. The fourth-order valence-electron chi connectivity index (χ4n) is 1.82. The number of carbonyl (C=O) groups is 2. The van der Waals surface area contributed by atoms with Gasteiger partial charge in [0.2, 0.25) is 0 Å². The average molecular weight is 215 g/mol. The lowest BCUT2D eigenvalue weighted by molar-refractivity contribution is -0.119. The number of hydrogen-bond acceptors (Lipinski definition) is 2. The van der Waals surface area contributed by atoms with E-state index in [1.54, 1.807) is 0 Å². The molecule has 0 fully saturated rings. The molecule has 3 heteroatoms. The molecule has 16 heavy (non-hydrogen) atoms. The van der Waals surface area contributed by atoms with E-state index >= 15 is 0 Å². The molecule has 1 aromatic rings. The van der Waals surface area contributed by atoms with E-state index in [0.717, 1.165) is 16.7 Å². The molecule has 2 rings (SSSR count). The van der Waals surface area contributed by atoms with Gasteiger partial charge in [0.15, 0.2) is 0 Å². The standard InChI is InChI=1S/C13H13NO2/c1-8-4-5-11(10(3)9(8)2)14-12(15)6-7-13(14)16/h4-7H,1-3H3. The minimum Gasteiger partial charge on any atom is -0.269 e. The molecule has 0 unspecified atom stereocenters. The molecule has 0 aliphatic carbocycles. The smallest absolute Gasteiger partial charge is 0.258 e. The van der Waals surface area contributed by atoms with Gasteiger partial charge >= 0.3 is 0 Å². The molecule has 0 saturated heterocycles. The summed E-state index contributed by atoms with van der Waals surface area (Å²) < 4.78 is 0. The minimum absolute atomic E-state index is 0.267. The highest BCUT2D eigenvalue weighted by Crippen LogP contribution is 2.27. The fraction of sp³-hybridized carbons (Fsp3) is 0.231. The van der Waals surface area contributed by atoms with Gasteiger partial charge in [0, 0.05) is 12.2 Å². The first kappa shape index (κ1) is 10.6. The lowest BCUT2D eigenvalue weighted by Crippen LogP contribution is -2.30. The molecule has 1 aliphatic heterocycles. The van der Waals surface area contributed by atoms with E-state index in [4.69, 9.17) is 0 Å². The minimum atomic E-state index is -0.267. The van der Waals surface area contributed by atoms with Crippen molar-refractivity contribution in [2.75, 3.05) is 4.90 Å². The number of amides is 2. The molecule has 0 bridgehead atoms. The van der Waals surface area contributed by atoms with Crippen LogP contribution >= 0.6 is 0 Å². The lowest BCUT2D eigenvalue weighted by Gasteiger charge is -2.18. The van der Waals surface area contributed by atoms with Crippen LogP contribution in [0, 0.1) is 20.8 Å². The van der Waals surface area contributed by atoms with Gasteiger partial charge in [-0.1, -0.05) is 6.07 Å². The van der Waals surface area contributed by atoms with Crippen LogP contribution in [-0.2, 0) is 9.59 Å². The maximum Gasteiger partial charge on any atom is 0.258 e. The number of anilines is 1. The van der Waals surface area contributed by atoms with E-state index < -0.39 is 0 Å². The van der Waals surface area contributed by atoms with Crippen LogP contribution in [0.1, 0.15) is 16.7 Å². The second-order valence-electron chi connectivity index (χ2n) is 4.00. The molecule has 0 N–H and O–H groups in total. The molecule has 1 aliphatic rings. The first-order valence-electron chi connectivity index (χ1n) is 5.15. The van der Waals surface area contributed by atoms with E-state index in [0.29, 0.717) is 5.69 Å². The van der Waals surface area contributed by atoms with Crippen LogP contribution in [0.15, 0.2) is 24.3 Å². The van der Waals surface area contributed by atoms with Gasteiger partial charge in [-0.05, 0) is 43.5 Å². The zero-order valence-electron chi connectivity index (χ0n) is 9.57. The number of imide groups is 1. The van der Waals surface area contributed by atoms with Crippen molar-refractivity contribution < 1.29 is 9.59 Å². The van der Waals surface area contributed by atoms with Crippen LogP contribution in [0.3, 0.4) is 0 Å². The molecular formula is C13H13NO2. The van der Waals surface area contributed by atoms with Crippen molar-refractivity contribution in [1.82, 2.24) is 0 Å². The highest BCUT2D eigenvalue weighted by molar-refractivity contribution is 6.28. The number of rotatable bonds is 1. The Morgan fingerprint density at radius 3 is 2.00 bits per heavy atom. The number of carbonyl (C=O) groups excluding carboxylic acids is 2. The van der Waals surface area contributed by atoms with E-state index in [1.165, 1.54) is 17.1 Å². The summed E-state index contributed by atoms with van der Waals surface area (Å²) in [7, 11) is 0. The molecular weight excluding hydrogens is 202 g/mol. The number of benzene rings is 1. The van der Waals surface area contributed by atoms with Crippen molar-refractivity contribution in [3.63, 3.8) is 0 Å². The Balaban J connectivity index is 2.54. The van der Waals surface area contributed by atoms with Gasteiger partial charge in [-0.3, -0.25) is 9.59 Å². The quantitative estimate of drug-likeness (QED) is 0.672. The third-order valence-corrected chi connectivity index (χ3v) is 3.08. The summed E-state index contributed by atoms with van der Waals surface area (Å²) in [6.07, 6.45) is 2.61. The molecule has 82 valence electrons. The van der Waals surface area contributed by atoms with Gasteiger partial charge in [0.05, 0.1) is 5.69 Å². The Labute approximate surface area is 94.4 Å². The SMILES string of the molecule is Cc1ccc(N2C(=O)C=CC2=O)c(C)c1C. The van der Waals surface area contributed by atoms with Crippen molar-refractivity contribution in [2.45, 2.75) is 20.8 Å².